The summed E-state index contributed by atoms with van der Waals surface area (Å²) in [7, 11) is 0. The lowest BCUT2D eigenvalue weighted by molar-refractivity contribution is -0.126. The summed E-state index contributed by atoms with van der Waals surface area (Å²) in [5.41, 5.74) is 2.94. The van der Waals surface area contributed by atoms with E-state index in [0.717, 1.165) is 0 Å². The Hall–Kier alpha value is -2.38. The largest absolute Gasteiger partial charge is 0.454 e. The van der Waals surface area contributed by atoms with E-state index < -0.39 is 11.4 Å². The maximum atomic E-state index is 15.3. The maximum Gasteiger partial charge on any atom is 0.265 e. The second kappa shape index (κ2) is 8.55. The van der Waals surface area contributed by atoms with Gasteiger partial charge in [0.15, 0.2) is 11.6 Å². The van der Waals surface area contributed by atoms with Crippen molar-refractivity contribution in [2.24, 2.45) is 5.10 Å². The molecule has 0 aromatic heterocycles. The second-order valence-corrected chi connectivity index (χ2v) is 8.18. The van der Waals surface area contributed by atoms with Crippen molar-refractivity contribution in [1.29, 1.82) is 5.26 Å². The molecule has 2 aromatic carbocycles. The Balaban J connectivity index is 1.94. The predicted molar refractivity (Wildman–Crippen MR) is 117 cm³/mol. The molecule has 0 atom stereocenters. The van der Waals surface area contributed by atoms with Crippen molar-refractivity contribution in [3.8, 4) is 17.6 Å². The van der Waals surface area contributed by atoms with E-state index in [1.54, 1.807) is 26.0 Å². The number of nitrogens with one attached hydrogen (secondary N) is 2. The van der Waals surface area contributed by atoms with Crippen LogP contribution < -0.4 is 15.5 Å². The van der Waals surface area contributed by atoms with E-state index in [0.29, 0.717) is 32.0 Å². The molecule has 0 saturated carbocycles. The standard InChI is InChI=1S/C20H17ClFIN4O2/c1-20(2)19(28)27-26-16(25-20)7-12-3-4-13(9-23)18(17(12)22)29-15-6-11(10-24)5-14(21)8-15/h3-6,8H,7,9H2,1-2H3,(H,25,26)(H,27,28). The van der Waals surface area contributed by atoms with Gasteiger partial charge in [-0.2, -0.15) is 10.4 Å². The molecule has 2 N–H and O–H groups in total. The van der Waals surface area contributed by atoms with E-state index in [1.807, 2.05) is 6.07 Å². The van der Waals surface area contributed by atoms with E-state index in [9.17, 15) is 4.79 Å². The summed E-state index contributed by atoms with van der Waals surface area (Å²) in [5, 5.41) is 16.4. The highest BCUT2D eigenvalue weighted by Crippen LogP contribution is 2.34. The summed E-state index contributed by atoms with van der Waals surface area (Å²) < 4.78 is 21.6. The van der Waals surface area contributed by atoms with Crippen LogP contribution in [-0.4, -0.2) is 17.3 Å². The first-order chi connectivity index (χ1) is 13.7. The lowest BCUT2D eigenvalue weighted by Crippen LogP contribution is -2.58. The van der Waals surface area contributed by atoms with Crippen LogP contribution in [0.25, 0.3) is 0 Å². The zero-order valence-electron chi connectivity index (χ0n) is 15.6. The maximum absolute atomic E-state index is 15.3. The van der Waals surface area contributed by atoms with Crippen LogP contribution in [-0.2, 0) is 15.6 Å². The fraction of sp³-hybridized carbons (Fsp3) is 0.250. The van der Waals surface area contributed by atoms with Crippen molar-refractivity contribution >= 4 is 45.9 Å². The van der Waals surface area contributed by atoms with Gasteiger partial charge in [-0.1, -0.05) is 46.3 Å². The minimum Gasteiger partial charge on any atom is -0.454 e. The Kier molecular flexibility index (Phi) is 6.29. The summed E-state index contributed by atoms with van der Waals surface area (Å²) in [6.45, 7) is 3.43. The van der Waals surface area contributed by atoms with Gasteiger partial charge in [0.2, 0.25) is 0 Å². The molecule has 150 valence electrons. The smallest absolute Gasteiger partial charge is 0.265 e. The summed E-state index contributed by atoms with van der Waals surface area (Å²) in [5.74, 6) is -0.00574. The number of carbonyl (C=O) groups is 1. The fourth-order valence-electron chi connectivity index (χ4n) is 2.76. The third-order valence-corrected chi connectivity index (χ3v) is 5.34. The Morgan fingerprint density at radius 2 is 2.03 bits per heavy atom. The molecule has 1 aliphatic heterocycles. The van der Waals surface area contributed by atoms with Crippen molar-refractivity contribution in [2.75, 3.05) is 0 Å². The molecule has 0 saturated heterocycles. The van der Waals surface area contributed by atoms with E-state index in [1.165, 1.54) is 18.2 Å². The van der Waals surface area contributed by atoms with Gasteiger partial charge in [0.1, 0.15) is 17.1 Å². The molecule has 1 aliphatic rings. The molecule has 0 aliphatic carbocycles. The zero-order chi connectivity index (χ0) is 21.2. The topological polar surface area (TPSA) is 86.5 Å². The Labute approximate surface area is 186 Å². The monoisotopic (exact) mass is 526 g/mol. The molecule has 3 rings (SSSR count). The van der Waals surface area contributed by atoms with Crippen molar-refractivity contribution in [1.82, 2.24) is 10.7 Å². The molecular weight excluding hydrogens is 510 g/mol. The first kappa shape index (κ1) is 21.3. The van der Waals surface area contributed by atoms with E-state index in [4.69, 9.17) is 21.6 Å². The highest BCUT2D eigenvalue weighted by Gasteiger charge is 2.32. The van der Waals surface area contributed by atoms with Gasteiger partial charge in [-0.15, -0.1) is 0 Å². The lowest BCUT2D eigenvalue weighted by Gasteiger charge is -2.30. The number of rotatable bonds is 5. The lowest BCUT2D eigenvalue weighted by atomic mass is 10.0. The van der Waals surface area contributed by atoms with Gasteiger partial charge in [0.05, 0.1) is 11.6 Å². The van der Waals surface area contributed by atoms with Crippen LogP contribution in [0.3, 0.4) is 0 Å². The second-order valence-electron chi connectivity index (χ2n) is 6.98. The Morgan fingerprint density at radius 1 is 1.31 bits per heavy atom. The number of carbonyl (C=O) groups excluding carboxylic acids is 1. The Bertz CT molecular complexity index is 1050. The number of amides is 1. The number of nitriles is 1. The van der Waals surface area contributed by atoms with E-state index >= 15 is 4.39 Å². The average Bonchev–Trinajstić information content (AvgIpc) is 2.67. The van der Waals surface area contributed by atoms with Gasteiger partial charge >= 0.3 is 0 Å². The molecule has 0 bridgehead atoms. The highest BCUT2D eigenvalue weighted by atomic mass is 127. The van der Waals surface area contributed by atoms with Gasteiger partial charge in [-0.3, -0.25) is 4.79 Å². The van der Waals surface area contributed by atoms with Crippen molar-refractivity contribution in [3.05, 3.63) is 57.9 Å². The molecule has 6 nitrogen and oxygen atoms in total. The third-order valence-electron chi connectivity index (χ3n) is 4.30. The molecular formula is C20H17ClFIN4O2. The molecule has 0 radical (unpaired) electrons. The van der Waals surface area contributed by atoms with Crippen LogP contribution in [0, 0.1) is 17.1 Å². The molecule has 0 fully saturated rings. The fourth-order valence-corrected chi connectivity index (χ4v) is 3.59. The van der Waals surface area contributed by atoms with Gasteiger partial charge < -0.3 is 10.1 Å². The number of hydrogen-bond donors (Lipinski definition) is 2. The number of hydrogen-bond acceptors (Lipinski definition) is 5. The first-order valence-corrected chi connectivity index (χ1v) is 10.5. The van der Waals surface area contributed by atoms with Crippen LogP contribution in [0.5, 0.6) is 11.5 Å². The van der Waals surface area contributed by atoms with Crippen LogP contribution in [0.4, 0.5) is 4.39 Å². The minimum absolute atomic E-state index is 0.0720. The SMILES string of the molecule is CC1(C)NC(Cc2ccc(CI)c(Oc3cc(Cl)cc(C#N)c3)c2F)=NNC1=O. The predicted octanol–water partition coefficient (Wildman–Crippen LogP) is 4.43. The van der Waals surface area contributed by atoms with Gasteiger partial charge in [-0.05, 0) is 37.6 Å². The third kappa shape index (κ3) is 4.79. The van der Waals surface area contributed by atoms with Crippen LogP contribution >= 0.6 is 34.2 Å². The summed E-state index contributed by atoms with van der Waals surface area (Å²) in [6, 6.07) is 9.97. The number of nitrogens with zero attached hydrogens (tertiary/aromatic N) is 2. The molecule has 2 aromatic rings. The van der Waals surface area contributed by atoms with E-state index in [2.05, 4.69) is 38.4 Å². The minimum atomic E-state index is -0.844. The number of benzene rings is 2. The van der Waals surface area contributed by atoms with Gasteiger partial charge in [0, 0.05) is 21.4 Å². The van der Waals surface area contributed by atoms with Crippen LogP contribution in [0.15, 0.2) is 35.4 Å². The van der Waals surface area contributed by atoms with Crippen LogP contribution in [0.2, 0.25) is 5.02 Å². The quantitative estimate of drug-likeness (QED) is 0.446. The molecule has 1 amide bonds. The number of amidine groups is 1. The zero-order valence-corrected chi connectivity index (χ0v) is 18.6. The summed E-state index contributed by atoms with van der Waals surface area (Å²) in [4.78, 5) is 11.8. The van der Waals surface area contributed by atoms with Gasteiger partial charge in [0.25, 0.3) is 5.91 Å². The number of hydrazone groups is 1. The van der Waals surface area contributed by atoms with Crippen molar-refractivity contribution < 1.29 is 13.9 Å². The molecule has 1 heterocycles. The van der Waals surface area contributed by atoms with Crippen molar-refractivity contribution in [2.45, 2.75) is 30.2 Å². The average molecular weight is 527 g/mol. The first-order valence-electron chi connectivity index (χ1n) is 8.63. The number of alkyl halides is 1. The summed E-state index contributed by atoms with van der Waals surface area (Å²) in [6.07, 6.45) is 0.145. The Morgan fingerprint density at radius 3 is 2.69 bits per heavy atom. The van der Waals surface area contributed by atoms with Crippen LogP contribution in [0.1, 0.15) is 30.5 Å². The highest BCUT2D eigenvalue weighted by molar-refractivity contribution is 14.1. The molecule has 0 spiro atoms. The van der Waals surface area contributed by atoms with Crippen molar-refractivity contribution in [3.63, 3.8) is 0 Å². The molecule has 0 unspecified atom stereocenters. The normalized spacial score (nSPS) is 15.0. The number of halogens is 3. The molecule has 9 heteroatoms. The summed E-state index contributed by atoms with van der Waals surface area (Å²) >= 11 is 8.15. The van der Waals surface area contributed by atoms with E-state index in [-0.39, 0.29) is 23.8 Å². The molecule has 29 heavy (non-hydrogen) atoms. The van der Waals surface area contributed by atoms with Gasteiger partial charge in [-0.25, -0.2) is 9.82 Å². The number of ether oxygens (including phenoxy) is 1.